The fourth-order valence-electron chi connectivity index (χ4n) is 4.43. The number of amides is 1. The summed E-state index contributed by atoms with van der Waals surface area (Å²) in [5, 5.41) is 17.3. The van der Waals surface area contributed by atoms with Gasteiger partial charge in [0.05, 0.1) is 30.3 Å². The van der Waals surface area contributed by atoms with Gasteiger partial charge in [0, 0.05) is 35.6 Å². The minimum Gasteiger partial charge on any atom is -0.322 e. The van der Waals surface area contributed by atoms with Gasteiger partial charge >= 0.3 is 0 Å². The fourth-order valence-corrected chi connectivity index (χ4v) is 4.43. The summed E-state index contributed by atoms with van der Waals surface area (Å²) in [7, 11) is 0. The smallest absolute Gasteiger partial charge is 0.246 e. The molecule has 0 unspecified atom stereocenters. The van der Waals surface area contributed by atoms with Gasteiger partial charge in [-0.2, -0.15) is 15.3 Å². The summed E-state index contributed by atoms with van der Waals surface area (Å²) in [4.78, 5) is 17.4. The number of carbonyl (C=O) groups is 1. The highest BCUT2D eigenvalue weighted by molar-refractivity contribution is 5.96. The maximum Gasteiger partial charge on any atom is 0.246 e. The number of fused-ring (bicyclic) bond motifs is 1. The van der Waals surface area contributed by atoms with Crippen molar-refractivity contribution in [2.24, 2.45) is 0 Å². The van der Waals surface area contributed by atoms with Crippen LogP contribution in [0, 0.1) is 20.8 Å². The monoisotopic (exact) mass is 468 g/mol. The zero-order valence-electron chi connectivity index (χ0n) is 20.4. The van der Waals surface area contributed by atoms with Gasteiger partial charge in [0.25, 0.3) is 0 Å². The van der Waals surface area contributed by atoms with Crippen molar-refractivity contribution in [3.63, 3.8) is 0 Å². The van der Waals surface area contributed by atoms with Crippen LogP contribution >= 0.6 is 0 Å². The SMILES string of the molecule is CCn1ncc(Cn2cc(NC(=O)Cn3nc(C)c4c(-c5cccc(C)c5)ccnc43)cn2)c1C. The van der Waals surface area contributed by atoms with Crippen molar-refractivity contribution in [2.75, 3.05) is 5.32 Å². The number of carbonyl (C=O) groups excluding carboxylic acids is 1. The lowest BCUT2D eigenvalue weighted by molar-refractivity contribution is -0.116. The number of hydrogen-bond acceptors (Lipinski definition) is 5. The summed E-state index contributed by atoms with van der Waals surface area (Å²) >= 11 is 0. The quantitative estimate of drug-likeness (QED) is 0.388. The molecule has 0 saturated heterocycles. The molecule has 35 heavy (non-hydrogen) atoms. The molecule has 0 spiro atoms. The first kappa shape index (κ1) is 22.5. The number of nitrogens with zero attached hydrogens (tertiary/aromatic N) is 7. The van der Waals surface area contributed by atoms with Crippen LogP contribution in [0.3, 0.4) is 0 Å². The van der Waals surface area contributed by atoms with Gasteiger partial charge in [0.15, 0.2) is 5.65 Å². The molecule has 0 bridgehead atoms. The Morgan fingerprint density at radius 3 is 2.69 bits per heavy atom. The van der Waals surface area contributed by atoms with E-state index < -0.39 is 0 Å². The van der Waals surface area contributed by atoms with Gasteiger partial charge in [-0.05, 0) is 44.9 Å². The first-order valence-electron chi connectivity index (χ1n) is 11.7. The summed E-state index contributed by atoms with van der Waals surface area (Å²) < 4.78 is 5.41. The molecule has 0 aliphatic heterocycles. The highest BCUT2D eigenvalue weighted by Crippen LogP contribution is 2.30. The first-order chi connectivity index (χ1) is 16.9. The summed E-state index contributed by atoms with van der Waals surface area (Å²) in [5.74, 6) is -0.188. The van der Waals surface area contributed by atoms with Crippen molar-refractivity contribution < 1.29 is 4.79 Å². The Labute approximate surface area is 203 Å². The van der Waals surface area contributed by atoms with E-state index in [4.69, 9.17) is 0 Å². The second-order valence-corrected chi connectivity index (χ2v) is 8.72. The third-order valence-corrected chi connectivity index (χ3v) is 6.18. The molecule has 9 nitrogen and oxygen atoms in total. The average molecular weight is 469 g/mol. The van der Waals surface area contributed by atoms with Gasteiger partial charge in [-0.25, -0.2) is 9.67 Å². The normalized spacial score (nSPS) is 11.3. The van der Waals surface area contributed by atoms with E-state index in [1.165, 1.54) is 5.56 Å². The molecule has 0 radical (unpaired) electrons. The van der Waals surface area contributed by atoms with Crippen molar-refractivity contribution in [1.82, 2.24) is 34.3 Å². The maximum atomic E-state index is 12.8. The Morgan fingerprint density at radius 1 is 1.06 bits per heavy atom. The standard InChI is InChI=1S/C26H28N8O/c1-5-33-19(4)21(12-29-33)14-32-15-22(13-28-32)30-24(35)16-34-26-25(18(3)31-34)23(9-10-27-26)20-8-6-7-17(2)11-20/h6-13,15H,5,14,16H2,1-4H3,(H,30,35). The number of aryl methyl sites for hydroxylation is 3. The van der Waals surface area contributed by atoms with E-state index in [1.54, 1.807) is 21.8 Å². The summed E-state index contributed by atoms with van der Waals surface area (Å²) in [6, 6.07) is 10.3. The van der Waals surface area contributed by atoms with Crippen LogP contribution in [0.15, 0.2) is 55.1 Å². The maximum absolute atomic E-state index is 12.8. The van der Waals surface area contributed by atoms with Gasteiger partial charge in [-0.15, -0.1) is 0 Å². The van der Waals surface area contributed by atoms with E-state index in [9.17, 15) is 4.79 Å². The number of anilines is 1. The molecule has 0 saturated carbocycles. The molecule has 0 aliphatic rings. The zero-order valence-corrected chi connectivity index (χ0v) is 20.4. The van der Waals surface area contributed by atoms with Crippen LogP contribution in [0.5, 0.6) is 0 Å². The molecule has 178 valence electrons. The molecule has 1 amide bonds. The highest BCUT2D eigenvalue weighted by atomic mass is 16.2. The predicted molar refractivity (Wildman–Crippen MR) is 135 cm³/mol. The van der Waals surface area contributed by atoms with Crippen LogP contribution in [0.25, 0.3) is 22.2 Å². The number of pyridine rings is 1. The molecule has 1 aromatic carbocycles. The predicted octanol–water partition coefficient (Wildman–Crippen LogP) is 4.12. The molecular weight excluding hydrogens is 440 g/mol. The van der Waals surface area contributed by atoms with E-state index >= 15 is 0 Å². The molecule has 0 atom stereocenters. The Hall–Kier alpha value is -4.27. The minimum absolute atomic E-state index is 0.0577. The van der Waals surface area contributed by atoms with Crippen LogP contribution in [0.2, 0.25) is 0 Å². The third-order valence-electron chi connectivity index (χ3n) is 6.18. The number of nitrogens with one attached hydrogen (secondary N) is 1. The lowest BCUT2D eigenvalue weighted by Crippen LogP contribution is -2.19. The molecule has 9 heteroatoms. The average Bonchev–Trinajstić information content (AvgIpc) is 3.52. The van der Waals surface area contributed by atoms with Crippen molar-refractivity contribution in [3.8, 4) is 11.1 Å². The number of benzene rings is 1. The van der Waals surface area contributed by atoms with Crippen molar-refractivity contribution in [2.45, 2.75) is 47.3 Å². The second-order valence-electron chi connectivity index (χ2n) is 8.72. The largest absolute Gasteiger partial charge is 0.322 e. The van der Waals surface area contributed by atoms with Gasteiger partial charge in [-0.3, -0.25) is 14.2 Å². The van der Waals surface area contributed by atoms with Crippen molar-refractivity contribution >= 4 is 22.6 Å². The van der Waals surface area contributed by atoms with Gasteiger partial charge in [0.2, 0.25) is 5.91 Å². The molecule has 0 fully saturated rings. The molecule has 5 aromatic rings. The lowest BCUT2D eigenvalue weighted by atomic mass is 10.0. The molecule has 4 aromatic heterocycles. The Balaban J connectivity index is 1.33. The van der Waals surface area contributed by atoms with E-state index in [1.807, 2.05) is 43.1 Å². The van der Waals surface area contributed by atoms with Crippen LogP contribution in [0.4, 0.5) is 5.69 Å². The third kappa shape index (κ3) is 4.44. The van der Waals surface area contributed by atoms with Gasteiger partial charge in [0.1, 0.15) is 6.54 Å². The Bertz CT molecular complexity index is 1520. The molecule has 4 heterocycles. The van der Waals surface area contributed by atoms with Crippen LogP contribution < -0.4 is 5.32 Å². The van der Waals surface area contributed by atoms with Crippen molar-refractivity contribution in [3.05, 3.63) is 77.6 Å². The Morgan fingerprint density at radius 2 is 1.91 bits per heavy atom. The van der Waals surface area contributed by atoms with E-state index in [0.717, 1.165) is 40.0 Å². The topological polar surface area (TPSA) is 95.5 Å². The van der Waals surface area contributed by atoms with Crippen LogP contribution in [0.1, 0.15) is 29.4 Å². The van der Waals surface area contributed by atoms with Gasteiger partial charge < -0.3 is 5.32 Å². The Kier molecular flexibility index (Phi) is 5.90. The first-order valence-corrected chi connectivity index (χ1v) is 11.7. The van der Waals surface area contributed by atoms with Gasteiger partial charge in [-0.1, -0.05) is 29.8 Å². The van der Waals surface area contributed by atoms with E-state index in [-0.39, 0.29) is 12.5 Å². The lowest BCUT2D eigenvalue weighted by Gasteiger charge is -2.06. The number of hydrogen-bond donors (Lipinski definition) is 1. The highest BCUT2D eigenvalue weighted by Gasteiger charge is 2.16. The molecule has 0 aliphatic carbocycles. The molecule has 5 rings (SSSR count). The van der Waals surface area contributed by atoms with Crippen LogP contribution in [-0.2, 0) is 24.4 Å². The summed E-state index contributed by atoms with van der Waals surface area (Å²) in [6.07, 6.45) is 7.10. The zero-order chi connectivity index (χ0) is 24.5. The molecule has 1 N–H and O–H groups in total. The number of rotatable bonds is 7. The molecular formula is C26H28N8O. The van der Waals surface area contributed by atoms with Crippen LogP contribution in [-0.4, -0.2) is 40.2 Å². The summed E-state index contributed by atoms with van der Waals surface area (Å²) in [6.45, 7) is 9.61. The fraction of sp³-hybridized carbons (Fsp3) is 0.269. The van der Waals surface area contributed by atoms with E-state index in [0.29, 0.717) is 17.9 Å². The number of aromatic nitrogens is 7. The minimum atomic E-state index is -0.188. The summed E-state index contributed by atoms with van der Waals surface area (Å²) in [5.41, 5.74) is 7.74. The second kappa shape index (κ2) is 9.17. The van der Waals surface area contributed by atoms with Crippen molar-refractivity contribution in [1.29, 1.82) is 0 Å². The van der Waals surface area contributed by atoms with E-state index in [2.05, 4.69) is 57.6 Å².